The zero-order valence-electron chi connectivity index (χ0n) is 12.2. The maximum atomic E-state index is 11.3. The van der Waals surface area contributed by atoms with E-state index in [2.05, 4.69) is 12.1 Å². The van der Waals surface area contributed by atoms with Gasteiger partial charge in [0.15, 0.2) is 0 Å². The molecule has 4 nitrogen and oxygen atoms in total. The summed E-state index contributed by atoms with van der Waals surface area (Å²) in [6.07, 6.45) is 2.21. The number of thioether (sulfide) groups is 1. The third-order valence-electron chi connectivity index (χ3n) is 3.89. The molecular formula is C16H20O4S. The predicted octanol–water partition coefficient (Wildman–Crippen LogP) is 3.36. The Balaban J connectivity index is 1.53. The molecule has 0 bridgehead atoms. The van der Waals surface area contributed by atoms with Gasteiger partial charge in [0, 0.05) is 36.3 Å². The summed E-state index contributed by atoms with van der Waals surface area (Å²) in [5.41, 5.74) is -0.465. The van der Waals surface area contributed by atoms with Crippen molar-refractivity contribution in [2.75, 3.05) is 12.4 Å². The van der Waals surface area contributed by atoms with Gasteiger partial charge in [0.1, 0.15) is 11.4 Å². The van der Waals surface area contributed by atoms with Crippen LogP contribution in [0.15, 0.2) is 35.2 Å². The van der Waals surface area contributed by atoms with Gasteiger partial charge in [-0.2, -0.15) is 0 Å². The van der Waals surface area contributed by atoms with Gasteiger partial charge in [-0.1, -0.05) is 18.2 Å². The van der Waals surface area contributed by atoms with E-state index in [9.17, 15) is 4.79 Å². The number of Topliss-reactive ketones (excluding diaryl/α,β-unsaturated/α-hetero) is 1. The maximum Gasteiger partial charge on any atom is 0.202 e. The van der Waals surface area contributed by atoms with E-state index in [-0.39, 0.29) is 5.78 Å². The zero-order valence-corrected chi connectivity index (χ0v) is 13.0. The molecule has 2 aliphatic rings. The van der Waals surface area contributed by atoms with E-state index in [1.807, 2.05) is 25.1 Å². The molecular weight excluding hydrogens is 288 g/mol. The van der Waals surface area contributed by atoms with Crippen LogP contribution in [-0.4, -0.2) is 29.5 Å². The van der Waals surface area contributed by atoms with Crippen LogP contribution in [0.3, 0.4) is 0 Å². The highest BCUT2D eigenvalue weighted by molar-refractivity contribution is 7.99. The summed E-state index contributed by atoms with van der Waals surface area (Å²) in [5, 5.41) is 0. The zero-order chi connectivity index (χ0) is 14.8. The van der Waals surface area contributed by atoms with Crippen molar-refractivity contribution in [2.24, 2.45) is 0 Å². The average Bonchev–Trinajstić information content (AvgIpc) is 2.53. The lowest BCUT2D eigenvalue weighted by molar-refractivity contribution is -0.508. The Hall–Kier alpha value is -0.880. The standard InChI is InChI=1S/C16H20O4S/c1-15(12-21-14-5-3-2-4-6-14)11-18-16(20-19-15)9-7-13(17)8-10-16/h2-6H,7-12H2,1H3. The minimum Gasteiger partial charge on any atom is -0.344 e. The van der Waals surface area contributed by atoms with Crippen molar-refractivity contribution in [1.82, 2.24) is 0 Å². The van der Waals surface area contributed by atoms with Crippen molar-refractivity contribution < 1.29 is 19.3 Å². The molecule has 0 radical (unpaired) electrons. The summed E-state index contributed by atoms with van der Waals surface area (Å²) in [7, 11) is 0. The molecule has 1 aliphatic heterocycles. The first-order chi connectivity index (χ1) is 10.1. The summed E-state index contributed by atoms with van der Waals surface area (Å²) in [4.78, 5) is 23.8. The van der Waals surface area contributed by atoms with E-state index < -0.39 is 11.4 Å². The molecule has 1 saturated carbocycles. The van der Waals surface area contributed by atoms with Crippen molar-refractivity contribution >= 4 is 17.5 Å². The Bertz CT molecular complexity index is 482. The Morgan fingerprint density at radius 3 is 2.48 bits per heavy atom. The van der Waals surface area contributed by atoms with Crippen molar-refractivity contribution in [3.63, 3.8) is 0 Å². The first-order valence-electron chi connectivity index (χ1n) is 7.30. The van der Waals surface area contributed by atoms with Gasteiger partial charge in [-0.15, -0.1) is 11.8 Å². The fraction of sp³-hybridized carbons (Fsp3) is 0.562. The Morgan fingerprint density at radius 1 is 1.14 bits per heavy atom. The summed E-state index contributed by atoms with van der Waals surface area (Å²) in [6, 6.07) is 10.2. The summed E-state index contributed by atoms with van der Waals surface area (Å²) >= 11 is 1.72. The molecule has 0 amide bonds. The Morgan fingerprint density at radius 2 is 1.86 bits per heavy atom. The van der Waals surface area contributed by atoms with E-state index in [0.29, 0.717) is 32.3 Å². The third kappa shape index (κ3) is 3.66. The van der Waals surface area contributed by atoms with Gasteiger partial charge in [-0.3, -0.25) is 4.79 Å². The van der Waals surface area contributed by atoms with Crippen molar-refractivity contribution in [1.29, 1.82) is 0 Å². The lowest BCUT2D eigenvalue weighted by Crippen LogP contribution is -2.53. The largest absolute Gasteiger partial charge is 0.344 e. The van der Waals surface area contributed by atoms with Crippen LogP contribution in [0.5, 0.6) is 0 Å². The molecule has 0 aromatic heterocycles. The van der Waals surface area contributed by atoms with Crippen molar-refractivity contribution in [2.45, 2.75) is 48.9 Å². The molecule has 3 rings (SSSR count). The fourth-order valence-electron chi connectivity index (χ4n) is 2.46. The number of hydrogen-bond acceptors (Lipinski definition) is 5. The second-order valence-electron chi connectivity index (χ2n) is 5.96. The topological polar surface area (TPSA) is 44.8 Å². The molecule has 114 valence electrons. The van der Waals surface area contributed by atoms with Gasteiger partial charge < -0.3 is 4.74 Å². The van der Waals surface area contributed by atoms with Gasteiger partial charge in [0.2, 0.25) is 5.79 Å². The van der Waals surface area contributed by atoms with E-state index in [0.717, 1.165) is 5.75 Å². The molecule has 1 aliphatic carbocycles. The van der Waals surface area contributed by atoms with Crippen LogP contribution >= 0.6 is 11.8 Å². The van der Waals surface area contributed by atoms with Crippen LogP contribution in [0.1, 0.15) is 32.6 Å². The second-order valence-corrected chi connectivity index (χ2v) is 7.01. The minimum absolute atomic E-state index is 0.279. The van der Waals surface area contributed by atoms with Crippen LogP contribution in [0.2, 0.25) is 0 Å². The lowest BCUT2D eigenvalue weighted by Gasteiger charge is -2.44. The highest BCUT2D eigenvalue weighted by Crippen LogP contribution is 2.38. The smallest absolute Gasteiger partial charge is 0.202 e. The van der Waals surface area contributed by atoms with Crippen LogP contribution in [0.25, 0.3) is 0 Å². The Labute approximate surface area is 129 Å². The van der Waals surface area contributed by atoms with E-state index in [1.165, 1.54) is 4.90 Å². The SMILES string of the molecule is CC1(CSc2ccccc2)COC2(CCC(=O)CC2)OO1. The number of carbonyl (C=O) groups excluding carboxylic acids is 1. The molecule has 1 spiro atoms. The molecule has 1 unspecified atom stereocenters. The number of ether oxygens (including phenoxy) is 1. The van der Waals surface area contributed by atoms with Crippen LogP contribution in [-0.2, 0) is 19.3 Å². The molecule has 1 atom stereocenters. The molecule has 0 N–H and O–H groups in total. The molecule has 1 heterocycles. The van der Waals surface area contributed by atoms with Gasteiger partial charge >= 0.3 is 0 Å². The summed E-state index contributed by atoms with van der Waals surface area (Å²) in [5.74, 6) is 0.331. The first kappa shape index (κ1) is 15.0. The van der Waals surface area contributed by atoms with Gasteiger partial charge in [-0.05, 0) is 19.1 Å². The number of rotatable bonds is 3. The number of benzene rings is 1. The van der Waals surface area contributed by atoms with Gasteiger partial charge in [-0.25, -0.2) is 9.78 Å². The third-order valence-corrected chi connectivity index (χ3v) is 5.25. The maximum absolute atomic E-state index is 11.3. The molecule has 1 saturated heterocycles. The minimum atomic E-state index is -0.704. The molecule has 1 aromatic rings. The van der Waals surface area contributed by atoms with Crippen molar-refractivity contribution in [3.05, 3.63) is 30.3 Å². The van der Waals surface area contributed by atoms with Crippen LogP contribution in [0.4, 0.5) is 0 Å². The van der Waals surface area contributed by atoms with Crippen LogP contribution in [0, 0.1) is 0 Å². The number of hydrogen-bond donors (Lipinski definition) is 0. The summed E-state index contributed by atoms with van der Waals surface area (Å²) < 4.78 is 5.95. The van der Waals surface area contributed by atoms with Gasteiger partial charge in [0.25, 0.3) is 0 Å². The molecule has 5 heteroatoms. The van der Waals surface area contributed by atoms with Gasteiger partial charge in [0.05, 0.1) is 6.61 Å². The lowest BCUT2D eigenvalue weighted by atomic mass is 9.92. The summed E-state index contributed by atoms with van der Waals surface area (Å²) in [6.45, 7) is 2.48. The molecule has 2 fully saturated rings. The van der Waals surface area contributed by atoms with Crippen molar-refractivity contribution in [3.8, 4) is 0 Å². The highest BCUT2D eigenvalue weighted by Gasteiger charge is 2.46. The highest BCUT2D eigenvalue weighted by atomic mass is 32.2. The Kier molecular flexibility index (Phi) is 4.36. The number of ketones is 1. The average molecular weight is 308 g/mol. The second kappa shape index (κ2) is 6.08. The first-order valence-corrected chi connectivity index (χ1v) is 8.28. The van der Waals surface area contributed by atoms with Crippen LogP contribution < -0.4 is 0 Å². The van der Waals surface area contributed by atoms with E-state index in [1.54, 1.807) is 11.8 Å². The van der Waals surface area contributed by atoms with E-state index in [4.69, 9.17) is 14.5 Å². The molecule has 1 aromatic carbocycles. The molecule has 21 heavy (non-hydrogen) atoms. The van der Waals surface area contributed by atoms with E-state index >= 15 is 0 Å². The number of carbonyl (C=O) groups is 1. The monoisotopic (exact) mass is 308 g/mol. The predicted molar refractivity (Wildman–Crippen MR) is 79.9 cm³/mol. The normalized spacial score (nSPS) is 28.7. The fourth-order valence-corrected chi connectivity index (χ4v) is 3.42. The quantitative estimate of drug-likeness (QED) is 0.633.